The van der Waals surface area contributed by atoms with E-state index in [0.717, 1.165) is 54.5 Å². The van der Waals surface area contributed by atoms with E-state index in [4.69, 9.17) is 4.52 Å². The van der Waals surface area contributed by atoms with E-state index in [0.29, 0.717) is 25.4 Å². The molecule has 2 rings (SSSR count). The minimum atomic E-state index is 0.0432. The zero-order valence-corrected chi connectivity index (χ0v) is 18.6. The lowest BCUT2D eigenvalue weighted by atomic mass is 9.99. The molecule has 0 spiro atoms. The molecular weight excluding hydrogens is 378 g/mol. The van der Waals surface area contributed by atoms with E-state index in [1.54, 1.807) is 0 Å². The summed E-state index contributed by atoms with van der Waals surface area (Å²) in [6.45, 7) is 10.2. The van der Waals surface area contributed by atoms with Gasteiger partial charge in [0.1, 0.15) is 0 Å². The van der Waals surface area contributed by atoms with E-state index in [2.05, 4.69) is 39.9 Å². The van der Waals surface area contributed by atoms with Gasteiger partial charge in [0.15, 0.2) is 11.7 Å². The van der Waals surface area contributed by atoms with E-state index in [-0.39, 0.29) is 5.91 Å². The highest BCUT2D eigenvalue weighted by molar-refractivity contribution is 5.90. The number of nitrogens with one attached hydrogen (secondary N) is 3. The van der Waals surface area contributed by atoms with Crippen LogP contribution in [0.4, 0.5) is 5.69 Å². The summed E-state index contributed by atoms with van der Waals surface area (Å²) in [6.07, 6.45) is 3.49. The van der Waals surface area contributed by atoms with Crippen molar-refractivity contribution in [1.29, 1.82) is 0 Å². The summed E-state index contributed by atoms with van der Waals surface area (Å²) in [4.78, 5) is 16.3. The van der Waals surface area contributed by atoms with Crippen molar-refractivity contribution in [3.05, 3.63) is 47.3 Å². The molecule has 0 fully saturated rings. The van der Waals surface area contributed by atoms with Gasteiger partial charge in [0.05, 0.1) is 18.8 Å². The Balaban J connectivity index is 1.92. The number of rotatable bonds is 11. The molecule has 1 aromatic carbocycles. The minimum absolute atomic E-state index is 0.0432. The van der Waals surface area contributed by atoms with Crippen LogP contribution in [0.2, 0.25) is 0 Å². The van der Waals surface area contributed by atoms with Crippen LogP contribution in [0.1, 0.15) is 76.3 Å². The van der Waals surface area contributed by atoms with Crippen molar-refractivity contribution >= 4 is 17.6 Å². The van der Waals surface area contributed by atoms with Gasteiger partial charge in [-0.25, -0.2) is 4.99 Å². The van der Waals surface area contributed by atoms with Crippen LogP contribution in [0.15, 0.2) is 39.8 Å². The van der Waals surface area contributed by atoms with Crippen LogP contribution in [-0.2, 0) is 17.9 Å². The maximum Gasteiger partial charge on any atom is 0.224 e. The Bertz CT molecular complexity index is 794. The average molecular weight is 414 g/mol. The summed E-state index contributed by atoms with van der Waals surface area (Å²) in [5, 5.41) is 13.6. The Morgan fingerprint density at radius 1 is 1.10 bits per heavy atom. The molecule has 3 N–H and O–H groups in total. The highest BCUT2D eigenvalue weighted by Crippen LogP contribution is 2.22. The molecule has 30 heavy (non-hydrogen) atoms. The number of carbonyl (C=O) groups is 1. The zero-order chi connectivity index (χ0) is 21.8. The van der Waals surface area contributed by atoms with E-state index < -0.39 is 0 Å². The molecular formula is C23H35N5O2. The summed E-state index contributed by atoms with van der Waals surface area (Å²) >= 11 is 0. The molecule has 0 saturated heterocycles. The van der Waals surface area contributed by atoms with Crippen molar-refractivity contribution in [3.63, 3.8) is 0 Å². The first-order valence-corrected chi connectivity index (χ1v) is 11.0. The molecule has 2 aromatic rings. The Labute approximate surface area is 179 Å². The highest BCUT2D eigenvalue weighted by Gasteiger charge is 2.13. The highest BCUT2D eigenvalue weighted by atomic mass is 16.5. The van der Waals surface area contributed by atoms with Gasteiger partial charge < -0.3 is 20.5 Å². The molecule has 0 aliphatic carbocycles. The molecule has 0 unspecified atom stereocenters. The van der Waals surface area contributed by atoms with Crippen molar-refractivity contribution in [2.75, 3.05) is 11.9 Å². The van der Waals surface area contributed by atoms with Gasteiger partial charge in [-0.2, -0.15) is 0 Å². The molecule has 1 amide bonds. The SMILES string of the molecule is CCCC(=O)Nc1ccc(CN=C(NCC)NCc2cc(C(CC)CC)no2)cc1. The van der Waals surface area contributed by atoms with Crippen LogP contribution >= 0.6 is 0 Å². The quantitative estimate of drug-likeness (QED) is 0.371. The lowest BCUT2D eigenvalue weighted by molar-refractivity contribution is -0.116. The fraction of sp³-hybridized carbons (Fsp3) is 0.522. The third-order valence-corrected chi connectivity index (χ3v) is 4.89. The molecule has 7 nitrogen and oxygen atoms in total. The van der Waals surface area contributed by atoms with Crippen LogP contribution in [0.3, 0.4) is 0 Å². The number of nitrogens with zero attached hydrogens (tertiary/aromatic N) is 2. The Kier molecular flexibility index (Phi) is 9.91. The molecule has 0 atom stereocenters. The Morgan fingerprint density at radius 2 is 1.83 bits per heavy atom. The second-order valence-electron chi connectivity index (χ2n) is 7.28. The first-order chi connectivity index (χ1) is 14.6. The third kappa shape index (κ3) is 7.54. The van der Waals surface area contributed by atoms with Crippen molar-refractivity contribution in [1.82, 2.24) is 15.8 Å². The van der Waals surface area contributed by atoms with Gasteiger partial charge in [-0.05, 0) is 43.9 Å². The fourth-order valence-electron chi connectivity index (χ4n) is 3.14. The molecule has 7 heteroatoms. The number of amides is 1. The van der Waals surface area contributed by atoms with Gasteiger partial charge in [-0.15, -0.1) is 0 Å². The third-order valence-electron chi connectivity index (χ3n) is 4.89. The van der Waals surface area contributed by atoms with Crippen LogP contribution in [-0.4, -0.2) is 23.6 Å². The normalized spacial score (nSPS) is 11.6. The fourth-order valence-corrected chi connectivity index (χ4v) is 3.14. The standard InChI is InChI=1S/C23H35N5O2/c1-5-9-22(29)27-19-12-10-17(11-13-19)15-25-23(24-8-4)26-16-20-14-21(28-30-20)18(6-2)7-3/h10-14,18H,5-9,15-16H2,1-4H3,(H,27,29)(H2,24,25,26). The topological polar surface area (TPSA) is 91.5 Å². The molecule has 164 valence electrons. The summed E-state index contributed by atoms with van der Waals surface area (Å²) in [5.74, 6) is 2.01. The molecule has 1 heterocycles. The lowest BCUT2D eigenvalue weighted by Gasteiger charge is -2.10. The molecule has 1 aromatic heterocycles. The number of carbonyl (C=O) groups excluding carboxylic acids is 1. The molecule has 0 saturated carbocycles. The van der Waals surface area contributed by atoms with Crippen LogP contribution in [0.5, 0.6) is 0 Å². The second kappa shape index (κ2) is 12.7. The molecule has 0 radical (unpaired) electrons. The predicted octanol–water partition coefficient (Wildman–Crippen LogP) is 4.57. The first kappa shape index (κ1) is 23.4. The van der Waals surface area contributed by atoms with Crippen molar-refractivity contribution in [3.8, 4) is 0 Å². The van der Waals surface area contributed by atoms with E-state index >= 15 is 0 Å². The van der Waals surface area contributed by atoms with Crippen LogP contribution < -0.4 is 16.0 Å². The number of benzene rings is 1. The number of anilines is 1. The zero-order valence-electron chi connectivity index (χ0n) is 18.6. The molecule has 0 aliphatic rings. The summed E-state index contributed by atoms with van der Waals surface area (Å²) in [7, 11) is 0. The van der Waals surface area contributed by atoms with E-state index in [9.17, 15) is 4.79 Å². The van der Waals surface area contributed by atoms with E-state index in [1.807, 2.05) is 44.2 Å². The monoisotopic (exact) mass is 413 g/mol. The first-order valence-electron chi connectivity index (χ1n) is 11.0. The number of aliphatic imine (C=N–C) groups is 1. The maximum absolute atomic E-state index is 11.7. The summed E-state index contributed by atoms with van der Waals surface area (Å²) < 4.78 is 5.47. The molecule has 0 aliphatic heterocycles. The maximum atomic E-state index is 11.7. The van der Waals surface area contributed by atoms with Gasteiger partial charge in [0.2, 0.25) is 5.91 Å². The van der Waals surface area contributed by atoms with E-state index in [1.165, 1.54) is 0 Å². The number of guanidine groups is 1. The number of hydrogen-bond donors (Lipinski definition) is 3. The molecule has 0 bridgehead atoms. The second-order valence-corrected chi connectivity index (χ2v) is 7.28. The Morgan fingerprint density at radius 3 is 2.47 bits per heavy atom. The number of aromatic nitrogens is 1. The summed E-state index contributed by atoms with van der Waals surface area (Å²) in [5.41, 5.74) is 2.89. The summed E-state index contributed by atoms with van der Waals surface area (Å²) in [6, 6.07) is 9.80. The van der Waals surface area contributed by atoms with Gasteiger partial charge in [-0.1, -0.05) is 38.1 Å². The Hall–Kier alpha value is -2.83. The predicted molar refractivity (Wildman–Crippen MR) is 121 cm³/mol. The lowest BCUT2D eigenvalue weighted by Crippen LogP contribution is -2.36. The van der Waals surface area contributed by atoms with Crippen molar-refractivity contribution in [2.45, 2.75) is 72.4 Å². The average Bonchev–Trinajstić information content (AvgIpc) is 3.21. The van der Waals surface area contributed by atoms with Gasteiger partial charge in [0, 0.05) is 30.6 Å². The van der Waals surface area contributed by atoms with Crippen molar-refractivity contribution in [2.24, 2.45) is 4.99 Å². The van der Waals surface area contributed by atoms with Gasteiger partial charge in [0.25, 0.3) is 0 Å². The minimum Gasteiger partial charge on any atom is -0.359 e. The van der Waals surface area contributed by atoms with Gasteiger partial charge >= 0.3 is 0 Å². The van der Waals surface area contributed by atoms with Crippen molar-refractivity contribution < 1.29 is 9.32 Å². The van der Waals surface area contributed by atoms with Crippen LogP contribution in [0, 0.1) is 0 Å². The van der Waals surface area contributed by atoms with Gasteiger partial charge in [-0.3, -0.25) is 4.79 Å². The smallest absolute Gasteiger partial charge is 0.224 e. The largest absolute Gasteiger partial charge is 0.359 e. The van der Waals surface area contributed by atoms with Crippen LogP contribution in [0.25, 0.3) is 0 Å². The number of hydrogen-bond acceptors (Lipinski definition) is 4.